The van der Waals surface area contributed by atoms with E-state index in [1.165, 1.54) is 26.0 Å². The quantitative estimate of drug-likeness (QED) is 0.409. The molecule has 1 aliphatic heterocycles. The summed E-state index contributed by atoms with van der Waals surface area (Å²) < 4.78 is 39.1. The lowest BCUT2D eigenvalue weighted by Crippen LogP contribution is -2.47. The Kier molecular flexibility index (Phi) is 8.20. The van der Waals surface area contributed by atoms with E-state index >= 15 is 0 Å². The average molecular weight is 605 g/mol. The van der Waals surface area contributed by atoms with Gasteiger partial charge < -0.3 is 19.2 Å². The topological polar surface area (TPSA) is 148 Å². The second-order valence-electron chi connectivity index (χ2n) is 9.61. The van der Waals surface area contributed by atoms with Gasteiger partial charge in [0.15, 0.2) is 5.01 Å². The SMILES string of the molecule is CC(C)NS(=O)(=O)c1ccc(-c2sc(-c3nnc(C(C)(C)O)o3)nc2C(=O)N2CCOC[C@@H]2C)c(Cl)c1Cl. The van der Waals surface area contributed by atoms with Gasteiger partial charge in [-0.3, -0.25) is 4.79 Å². The minimum Gasteiger partial charge on any atom is -0.415 e. The third kappa shape index (κ3) is 5.74. The fourth-order valence-corrected chi connectivity index (χ4v) is 6.93. The normalized spacial score (nSPS) is 16.9. The summed E-state index contributed by atoms with van der Waals surface area (Å²) in [6.45, 7) is 9.35. The van der Waals surface area contributed by atoms with E-state index in [0.717, 1.165) is 11.3 Å². The van der Waals surface area contributed by atoms with Crippen LogP contribution >= 0.6 is 34.5 Å². The molecule has 1 aromatic carbocycles. The molecule has 0 aliphatic carbocycles. The van der Waals surface area contributed by atoms with Gasteiger partial charge in [0.2, 0.25) is 15.9 Å². The summed E-state index contributed by atoms with van der Waals surface area (Å²) in [5.74, 6) is -0.386. The fraction of sp³-hybridized carbons (Fsp3) is 0.478. The van der Waals surface area contributed by atoms with Crippen molar-refractivity contribution in [2.75, 3.05) is 19.8 Å². The molecular formula is C23H27Cl2N5O6S2. The Morgan fingerprint density at radius 2 is 1.97 bits per heavy atom. The number of rotatable bonds is 7. The number of thiazole rings is 1. The monoisotopic (exact) mass is 603 g/mol. The van der Waals surface area contributed by atoms with Crippen molar-refractivity contribution in [3.63, 3.8) is 0 Å². The van der Waals surface area contributed by atoms with Crippen molar-refractivity contribution in [1.82, 2.24) is 24.8 Å². The van der Waals surface area contributed by atoms with E-state index in [1.54, 1.807) is 18.7 Å². The number of halogens is 2. The van der Waals surface area contributed by atoms with Gasteiger partial charge in [-0.2, -0.15) is 0 Å². The molecule has 2 aromatic heterocycles. The summed E-state index contributed by atoms with van der Waals surface area (Å²) in [4.78, 5) is 20.0. The van der Waals surface area contributed by atoms with E-state index in [0.29, 0.717) is 30.2 Å². The third-order valence-corrected chi connectivity index (χ3v) is 9.33. The lowest BCUT2D eigenvalue weighted by Gasteiger charge is -2.33. The Hall–Kier alpha value is -2.13. The van der Waals surface area contributed by atoms with Crippen LogP contribution in [0.3, 0.4) is 0 Å². The summed E-state index contributed by atoms with van der Waals surface area (Å²) >= 11 is 14.1. The molecule has 3 aromatic rings. The van der Waals surface area contributed by atoms with Crippen molar-refractivity contribution in [2.45, 2.75) is 57.2 Å². The summed E-state index contributed by atoms with van der Waals surface area (Å²) in [5.41, 5.74) is -0.999. The predicted octanol–water partition coefficient (Wildman–Crippen LogP) is 3.94. The van der Waals surface area contributed by atoms with Gasteiger partial charge in [-0.25, -0.2) is 18.1 Å². The van der Waals surface area contributed by atoms with Crippen molar-refractivity contribution < 1.29 is 27.5 Å². The first-order valence-corrected chi connectivity index (χ1v) is 14.7. The lowest BCUT2D eigenvalue weighted by molar-refractivity contribution is 0.00336. The number of amides is 1. The third-order valence-electron chi connectivity index (χ3n) is 5.56. The van der Waals surface area contributed by atoms with Crippen LogP contribution in [0.15, 0.2) is 21.4 Å². The first-order chi connectivity index (χ1) is 17.7. The number of sulfonamides is 1. The number of nitrogens with zero attached hydrogens (tertiary/aromatic N) is 4. The molecule has 15 heteroatoms. The molecule has 1 saturated heterocycles. The highest BCUT2D eigenvalue weighted by Gasteiger charge is 2.33. The molecule has 0 saturated carbocycles. The van der Waals surface area contributed by atoms with Gasteiger partial charge in [0, 0.05) is 18.2 Å². The maximum atomic E-state index is 13.7. The Labute approximate surface area is 234 Å². The summed E-state index contributed by atoms with van der Waals surface area (Å²) in [5, 5.41) is 18.1. The number of hydrogen-bond acceptors (Lipinski definition) is 10. The number of ether oxygens (including phenoxy) is 1. The molecule has 1 aliphatic rings. The Morgan fingerprint density at radius 3 is 2.58 bits per heavy atom. The highest BCUT2D eigenvalue weighted by Crippen LogP contribution is 2.43. The van der Waals surface area contributed by atoms with Crippen LogP contribution in [0.4, 0.5) is 0 Å². The van der Waals surface area contributed by atoms with Crippen molar-refractivity contribution in [1.29, 1.82) is 0 Å². The van der Waals surface area contributed by atoms with E-state index in [4.69, 9.17) is 32.4 Å². The van der Waals surface area contributed by atoms with Crippen molar-refractivity contribution in [3.8, 4) is 21.3 Å². The van der Waals surface area contributed by atoms with E-state index in [1.807, 2.05) is 6.92 Å². The van der Waals surface area contributed by atoms with Gasteiger partial charge >= 0.3 is 0 Å². The van der Waals surface area contributed by atoms with E-state index in [2.05, 4.69) is 19.9 Å². The number of carbonyl (C=O) groups excluding carboxylic acids is 1. The van der Waals surface area contributed by atoms with Crippen LogP contribution in [-0.4, -0.2) is 71.4 Å². The minimum absolute atomic E-state index is 0.00463. The van der Waals surface area contributed by atoms with Crippen LogP contribution in [0.1, 0.15) is 51.0 Å². The maximum Gasteiger partial charge on any atom is 0.276 e. The molecular weight excluding hydrogens is 577 g/mol. The molecule has 1 atom stereocenters. The number of hydrogen-bond donors (Lipinski definition) is 2. The van der Waals surface area contributed by atoms with Crippen molar-refractivity contribution in [3.05, 3.63) is 33.8 Å². The van der Waals surface area contributed by atoms with E-state index < -0.39 is 15.6 Å². The van der Waals surface area contributed by atoms with Crippen LogP contribution in [0.5, 0.6) is 0 Å². The Bertz CT molecular complexity index is 1470. The molecule has 0 unspecified atom stereocenters. The average Bonchev–Trinajstić information content (AvgIpc) is 3.47. The summed E-state index contributed by atoms with van der Waals surface area (Å²) in [6, 6.07) is 2.25. The van der Waals surface area contributed by atoms with Gasteiger partial charge in [0.25, 0.3) is 11.8 Å². The van der Waals surface area contributed by atoms with Crippen molar-refractivity contribution >= 4 is 50.5 Å². The fourth-order valence-electron chi connectivity index (χ4n) is 3.75. The Balaban J connectivity index is 1.86. The molecule has 2 N–H and O–H groups in total. The highest BCUT2D eigenvalue weighted by molar-refractivity contribution is 7.89. The van der Waals surface area contributed by atoms with E-state index in [-0.39, 0.29) is 55.4 Å². The van der Waals surface area contributed by atoms with Crippen molar-refractivity contribution in [2.24, 2.45) is 0 Å². The summed E-state index contributed by atoms with van der Waals surface area (Å²) in [7, 11) is -3.94. The van der Waals surface area contributed by atoms with Crippen LogP contribution in [0.25, 0.3) is 21.3 Å². The zero-order valence-electron chi connectivity index (χ0n) is 21.3. The first-order valence-electron chi connectivity index (χ1n) is 11.7. The molecule has 3 heterocycles. The second-order valence-corrected chi connectivity index (χ2v) is 13.0. The van der Waals surface area contributed by atoms with Crippen LogP contribution in [-0.2, 0) is 20.4 Å². The molecule has 1 amide bonds. The van der Waals surface area contributed by atoms with E-state index in [9.17, 15) is 18.3 Å². The predicted molar refractivity (Wildman–Crippen MR) is 143 cm³/mol. The zero-order chi connectivity index (χ0) is 28.0. The molecule has 11 nitrogen and oxygen atoms in total. The number of morpholine rings is 1. The smallest absolute Gasteiger partial charge is 0.276 e. The van der Waals surface area contributed by atoms with Gasteiger partial charge in [0.1, 0.15) is 16.2 Å². The maximum absolute atomic E-state index is 13.7. The molecule has 0 bridgehead atoms. The number of carbonyl (C=O) groups is 1. The summed E-state index contributed by atoms with van der Waals surface area (Å²) in [6.07, 6.45) is 0. The molecule has 1 fully saturated rings. The minimum atomic E-state index is -3.94. The highest BCUT2D eigenvalue weighted by atomic mass is 35.5. The molecule has 4 rings (SSSR count). The number of aromatic nitrogens is 3. The number of nitrogens with one attached hydrogen (secondary N) is 1. The Morgan fingerprint density at radius 1 is 1.26 bits per heavy atom. The van der Waals surface area contributed by atoms with Crippen LogP contribution < -0.4 is 4.72 Å². The van der Waals surface area contributed by atoms with Crippen LogP contribution in [0.2, 0.25) is 10.0 Å². The largest absolute Gasteiger partial charge is 0.415 e. The van der Waals surface area contributed by atoms with Gasteiger partial charge in [-0.05, 0) is 40.7 Å². The molecule has 0 radical (unpaired) electrons. The second kappa shape index (κ2) is 10.8. The van der Waals surface area contributed by atoms with Gasteiger partial charge in [0.05, 0.1) is 34.2 Å². The van der Waals surface area contributed by atoms with Gasteiger partial charge in [-0.1, -0.05) is 29.3 Å². The lowest BCUT2D eigenvalue weighted by atomic mass is 10.1. The standard InChI is InChI=1S/C23H27Cl2N5O6S2/c1-11(2)29-38(33,34)14-7-6-13(15(24)16(14)25)18-17(21(31)30-8-9-35-10-12(30)3)26-20(37-18)19-27-28-22(36-19)23(4,5)32/h6-7,11-12,29,32H,8-10H2,1-5H3/t12-/m0/s1. The first kappa shape index (κ1) is 28.9. The van der Waals surface area contributed by atoms with Crippen LogP contribution in [0, 0.1) is 0 Å². The molecule has 206 valence electrons. The number of aliphatic hydroxyl groups is 1. The molecule has 38 heavy (non-hydrogen) atoms. The molecule has 0 spiro atoms. The zero-order valence-corrected chi connectivity index (χ0v) is 24.4. The number of benzene rings is 1. The van der Waals surface area contributed by atoms with Gasteiger partial charge in [-0.15, -0.1) is 21.5 Å².